The van der Waals surface area contributed by atoms with Crippen molar-refractivity contribution in [3.63, 3.8) is 0 Å². The number of nitrogens with zero attached hydrogens (tertiary/aromatic N) is 1. The van der Waals surface area contributed by atoms with E-state index in [1.54, 1.807) is 12.1 Å². The molecule has 10 heavy (non-hydrogen) atoms. The molecule has 50 valence electrons. The quantitative estimate of drug-likeness (QED) is 0.543. The van der Waals surface area contributed by atoms with E-state index in [0.29, 0.717) is 5.56 Å². The van der Waals surface area contributed by atoms with E-state index in [2.05, 4.69) is 0 Å². The zero-order chi connectivity index (χ0) is 7.82. The first-order valence-corrected chi connectivity index (χ1v) is 2.55. The summed E-state index contributed by atoms with van der Waals surface area (Å²) in [5, 5.41) is 8.29. The second-order valence-corrected chi connectivity index (χ2v) is 1.48. The van der Waals surface area contributed by atoms with Crippen LogP contribution in [0.25, 0.3) is 0 Å². The van der Waals surface area contributed by atoms with Gasteiger partial charge in [0, 0.05) is 9.93 Å². The predicted octanol–water partition coefficient (Wildman–Crippen LogP) is 1.63. The average Bonchev–Trinajstić information content (AvgIpc) is 2.10. The van der Waals surface area contributed by atoms with Crippen LogP contribution in [0.1, 0.15) is 5.56 Å². The Morgan fingerprint density at radius 3 is 1.90 bits per heavy atom. The summed E-state index contributed by atoms with van der Waals surface area (Å²) in [4.78, 5) is 14.0. The normalized spacial score (nSPS) is 6.70. The van der Waals surface area contributed by atoms with E-state index in [1.165, 1.54) is 0 Å². The Kier molecular flexibility index (Phi) is 4.53. The molecule has 3 nitrogen and oxygen atoms in total. The molecule has 1 aromatic rings. The van der Waals surface area contributed by atoms with Gasteiger partial charge >= 0.3 is 0 Å². The van der Waals surface area contributed by atoms with Gasteiger partial charge in [0.1, 0.15) is 0 Å². The molecule has 3 heteroatoms. The second-order valence-electron chi connectivity index (χ2n) is 1.48. The molecule has 0 radical (unpaired) electrons. The molecular formula is C7H5NO2. The predicted molar refractivity (Wildman–Crippen MR) is 37.9 cm³/mol. The summed E-state index contributed by atoms with van der Waals surface area (Å²) in [6.07, 6.45) is 0. The van der Waals surface area contributed by atoms with E-state index in [9.17, 15) is 0 Å². The fourth-order valence-electron chi connectivity index (χ4n) is 0.513. The van der Waals surface area contributed by atoms with Gasteiger partial charge in [-0.25, -0.2) is 0 Å². The average molecular weight is 135 g/mol. The lowest BCUT2D eigenvalue weighted by atomic mass is 10.2. The lowest BCUT2D eigenvalue weighted by molar-refractivity contribution is 1.49. The molecule has 0 aromatic heterocycles. The van der Waals surface area contributed by atoms with Crippen LogP contribution >= 0.6 is 0 Å². The van der Waals surface area contributed by atoms with Gasteiger partial charge < -0.3 is 0 Å². The largest absolute Gasteiger partial charge is 0.192 e. The number of hydrogen-bond acceptors (Lipinski definition) is 3. The Balaban J connectivity index is 0.000000371. The molecule has 0 N–H and O–H groups in total. The van der Waals surface area contributed by atoms with Crippen LogP contribution in [0.15, 0.2) is 30.3 Å². The van der Waals surface area contributed by atoms with E-state index in [-0.39, 0.29) is 0 Å². The first kappa shape index (κ1) is 8.31. The Morgan fingerprint density at radius 2 is 1.60 bits per heavy atom. The molecule has 0 aliphatic carbocycles. The fourth-order valence-corrected chi connectivity index (χ4v) is 0.513. The maximum absolute atomic E-state index is 8.29. The van der Waals surface area contributed by atoms with Crippen molar-refractivity contribution in [1.29, 1.82) is 5.26 Å². The van der Waals surface area contributed by atoms with Gasteiger partial charge in [-0.2, -0.15) is 5.26 Å². The molecule has 0 aliphatic rings. The van der Waals surface area contributed by atoms with Crippen molar-refractivity contribution in [3.05, 3.63) is 45.8 Å². The summed E-state index contributed by atoms with van der Waals surface area (Å²) < 4.78 is 0. The zero-order valence-corrected chi connectivity index (χ0v) is 5.15. The van der Waals surface area contributed by atoms with Crippen molar-refractivity contribution < 1.29 is 0 Å². The van der Waals surface area contributed by atoms with Crippen molar-refractivity contribution in [2.75, 3.05) is 0 Å². The summed E-state index contributed by atoms with van der Waals surface area (Å²) in [6, 6.07) is 11.2. The Hall–Kier alpha value is -1.69. The van der Waals surface area contributed by atoms with Crippen LogP contribution in [0.4, 0.5) is 0 Å². The molecule has 0 heterocycles. The van der Waals surface area contributed by atoms with Gasteiger partial charge in [0.05, 0.1) is 11.6 Å². The molecule has 0 saturated carbocycles. The third-order valence-corrected chi connectivity index (χ3v) is 0.903. The lowest BCUT2D eigenvalue weighted by Gasteiger charge is -1.80. The van der Waals surface area contributed by atoms with Gasteiger partial charge in [-0.05, 0) is 12.1 Å². The van der Waals surface area contributed by atoms with Crippen LogP contribution < -0.4 is 0 Å². The van der Waals surface area contributed by atoms with Crippen molar-refractivity contribution in [3.8, 4) is 6.07 Å². The van der Waals surface area contributed by atoms with Crippen LogP contribution in [0, 0.1) is 21.3 Å². The van der Waals surface area contributed by atoms with Crippen LogP contribution in [0.3, 0.4) is 0 Å². The van der Waals surface area contributed by atoms with E-state index < -0.39 is 0 Å². The third kappa shape index (κ3) is 2.58. The number of nitriles is 1. The number of rotatable bonds is 0. The van der Waals surface area contributed by atoms with Crippen LogP contribution in [0.2, 0.25) is 0 Å². The molecule has 0 bridgehead atoms. The Bertz CT molecular complexity index is 215. The summed E-state index contributed by atoms with van der Waals surface area (Å²) >= 11 is 0. The van der Waals surface area contributed by atoms with Crippen LogP contribution in [0.5, 0.6) is 0 Å². The van der Waals surface area contributed by atoms with Crippen LogP contribution in [-0.2, 0) is 0 Å². The molecule has 0 spiro atoms. The first-order chi connectivity index (χ1) is 4.93. The van der Waals surface area contributed by atoms with Crippen molar-refractivity contribution >= 4 is 0 Å². The second kappa shape index (κ2) is 5.45. The summed E-state index contributed by atoms with van der Waals surface area (Å²) in [7, 11) is 0. The Labute approximate surface area is 58.1 Å². The monoisotopic (exact) mass is 135 g/mol. The van der Waals surface area contributed by atoms with Gasteiger partial charge in [-0.15, -0.1) is 0 Å². The zero-order valence-electron chi connectivity index (χ0n) is 5.15. The van der Waals surface area contributed by atoms with Crippen molar-refractivity contribution in [2.24, 2.45) is 0 Å². The minimum Gasteiger partial charge on any atom is -0.192 e. The molecule has 0 atom stereocenters. The van der Waals surface area contributed by atoms with Gasteiger partial charge in [0.2, 0.25) is 0 Å². The highest BCUT2D eigenvalue weighted by Gasteiger charge is 1.79. The smallest absolute Gasteiger partial charge is 0.0991 e. The fraction of sp³-hybridized carbons (Fsp3) is 0. The van der Waals surface area contributed by atoms with Gasteiger partial charge in [0.15, 0.2) is 0 Å². The number of hydrogen-bond donors (Lipinski definition) is 0. The highest BCUT2D eigenvalue weighted by molar-refractivity contribution is 5.27. The van der Waals surface area contributed by atoms with E-state index in [4.69, 9.17) is 15.2 Å². The summed E-state index contributed by atoms with van der Waals surface area (Å²) in [5.41, 5.74) is 0.715. The molecule has 1 aromatic carbocycles. The molecule has 0 fully saturated rings. The molecule has 0 unspecified atom stereocenters. The highest BCUT2D eigenvalue weighted by Crippen LogP contribution is 1.92. The van der Waals surface area contributed by atoms with Gasteiger partial charge in [-0.3, -0.25) is 0 Å². The molecule has 0 amide bonds. The standard InChI is InChI=1S/C7H5N.O2/c8-6-7-4-2-1-3-5-7;1-2/h1-5H;. The first-order valence-electron chi connectivity index (χ1n) is 2.55. The topological polar surface area (TPSA) is 57.9 Å². The van der Waals surface area contributed by atoms with E-state index in [1.807, 2.05) is 24.3 Å². The minimum atomic E-state index is 0.715. The maximum atomic E-state index is 8.29. The SMILES string of the molecule is N#Cc1ccccc1.O=O. The van der Waals surface area contributed by atoms with Crippen molar-refractivity contribution in [1.82, 2.24) is 0 Å². The molecular weight excluding hydrogens is 130 g/mol. The maximum Gasteiger partial charge on any atom is 0.0991 e. The summed E-state index contributed by atoms with van der Waals surface area (Å²) in [6.45, 7) is 0. The molecule has 0 aliphatic heterocycles. The van der Waals surface area contributed by atoms with Crippen molar-refractivity contribution in [2.45, 2.75) is 0 Å². The van der Waals surface area contributed by atoms with E-state index in [0.717, 1.165) is 0 Å². The molecule has 0 saturated heterocycles. The lowest BCUT2D eigenvalue weighted by Crippen LogP contribution is -1.66. The van der Waals surface area contributed by atoms with Gasteiger partial charge in [-0.1, -0.05) is 18.2 Å². The van der Waals surface area contributed by atoms with Crippen LogP contribution in [-0.4, -0.2) is 0 Å². The summed E-state index contributed by atoms with van der Waals surface area (Å²) in [5.74, 6) is 0. The number of benzene rings is 1. The van der Waals surface area contributed by atoms with E-state index >= 15 is 0 Å². The Morgan fingerprint density at radius 1 is 1.10 bits per heavy atom. The molecule has 1 rings (SSSR count). The minimum absolute atomic E-state index is 0.715. The van der Waals surface area contributed by atoms with Gasteiger partial charge in [0.25, 0.3) is 0 Å². The highest BCUT2D eigenvalue weighted by atomic mass is 16.7. The third-order valence-electron chi connectivity index (χ3n) is 0.903.